The number of benzene rings is 2. The van der Waals surface area contributed by atoms with Gasteiger partial charge in [0, 0.05) is 18.6 Å². The Bertz CT molecular complexity index is 742. The van der Waals surface area contributed by atoms with Gasteiger partial charge in [0.25, 0.3) is 0 Å². The molecule has 2 aromatic rings. The molecule has 2 nitrogen and oxygen atoms in total. The maximum Gasteiger partial charge on any atom is 0.113 e. The van der Waals surface area contributed by atoms with E-state index in [1.54, 1.807) is 0 Å². The predicted molar refractivity (Wildman–Crippen MR) is 118 cm³/mol. The Labute approximate surface area is 171 Å². The summed E-state index contributed by atoms with van der Waals surface area (Å²) in [5, 5.41) is 18.1. The number of rotatable bonds is 12. The first kappa shape index (κ1) is 21.1. The minimum atomic E-state index is 0.0414. The van der Waals surface area contributed by atoms with E-state index in [0.29, 0.717) is 0 Å². The first-order valence-electron chi connectivity index (χ1n) is 10.9. The summed E-state index contributed by atoms with van der Waals surface area (Å²) in [6.45, 7) is 0.580. The van der Waals surface area contributed by atoms with Gasteiger partial charge >= 0.3 is 0 Å². The molecule has 3 rings (SSSR count). The molecule has 1 aliphatic rings. The Morgan fingerprint density at radius 3 is 1.86 bits per heavy atom. The van der Waals surface area contributed by atoms with E-state index in [4.69, 9.17) is 18.1 Å². The predicted octanol–water partition coefficient (Wildman–Crippen LogP) is 4.63. The quantitative estimate of drug-likeness (QED) is 0.419. The molecule has 2 N–H and O–H groups in total. The smallest absolute Gasteiger partial charge is 0.113 e. The van der Waals surface area contributed by atoms with Crippen molar-refractivity contribution in [3.63, 3.8) is 0 Å². The average molecular weight is 376 g/mol. The molecule has 0 atom stereocenters. The Kier molecular flexibility index (Phi) is 7.76. The molecule has 0 aromatic heterocycles. The lowest BCUT2D eigenvalue weighted by Crippen LogP contribution is -2.26. The first-order chi connectivity index (χ1) is 13.7. The third-order valence-electron chi connectivity index (χ3n) is 6.32. The molecular weight excluding hydrogens is 343 g/mol. The standard InChI is InChI=1S/C25H33BO2/c26-20-13-14-22-21-11-5-6-12-23(21)25(24(22)19-20,15-7-1-3-9-17-27)16-8-2-4-10-18-28/h5-6,11-14,19,27-28H,1-4,7-10,15-18H2. The lowest BCUT2D eigenvalue weighted by atomic mass is 9.70. The topological polar surface area (TPSA) is 40.5 Å². The summed E-state index contributed by atoms with van der Waals surface area (Å²) in [5.74, 6) is 0. The summed E-state index contributed by atoms with van der Waals surface area (Å²) in [6.07, 6.45) is 10.9. The normalized spacial score (nSPS) is 14.1. The SMILES string of the molecule is [B]c1ccc2c(c1)C(CCCCCCO)(CCCCCCO)c1ccccc1-2. The monoisotopic (exact) mass is 376 g/mol. The summed E-state index contributed by atoms with van der Waals surface area (Å²) >= 11 is 0. The van der Waals surface area contributed by atoms with Gasteiger partial charge in [-0.25, -0.2) is 0 Å². The molecule has 0 aliphatic heterocycles. The van der Waals surface area contributed by atoms with Crippen LogP contribution in [-0.2, 0) is 5.41 Å². The molecule has 0 spiro atoms. The number of hydrogen-bond acceptors (Lipinski definition) is 2. The van der Waals surface area contributed by atoms with Crippen molar-refractivity contribution < 1.29 is 10.2 Å². The lowest BCUT2D eigenvalue weighted by molar-refractivity contribution is 0.279. The van der Waals surface area contributed by atoms with Crippen molar-refractivity contribution in [1.29, 1.82) is 0 Å². The Balaban J connectivity index is 1.89. The van der Waals surface area contributed by atoms with Crippen LogP contribution in [0.25, 0.3) is 11.1 Å². The molecule has 0 saturated heterocycles. The highest BCUT2D eigenvalue weighted by Crippen LogP contribution is 2.53. The zero-order valence-electron chi connectivity index (χ0n) is 17.0. The number of aliphatic hydroxyl groups excluding tert-OH is 2. The van der Waals surface area contributed by atoms with E-state index in [0.717, 1.165) is 56.8 Å². The maximum absolute atomic E-state index is 9.07. The number of fused-ring (bicyclic) bond motifs is 3. The highest BCUT2D eigenvalue weighted by molar-refractivity contribution is 6.32. The van der Waals surface area contributed by atoms with E-state index in [9.17, 15) is 0 Å². The highest BCUT2D eigenvalue weighted by Gasteiger charge is 2.41. The Morgan fingerprint density at radius 2 is 1.21 bits per heavy atom. The van der Waals surface area contributed by atoms with E-state index in [1.807, 2.05) is 6.07 Å². The molecule has 0 fully saturated rings. The van der Waals surface area contributed by atoms with E-state index in [2.05, 4.69) is 36.4 Å². The van der Waals surface area contributed by atoms with Gasteiger partial charge in [-0.1, -0.05) is 86.5 Å². The van der Waals surface area contributed by atoms with Crippen molar-refractivity contribution in [3.05, 3.63) is 53.6 Å². The van der Waals surface area contributed by atoms with Crippen LogP contribution in [0.15, 0.2) is 42.5 Å². The molecule has 0 amide bonds. The van der Waals surface area contributed by atoms with Crippen molar-refractivity contribution in [1.82, 2.24) is 0 Å². The van der Waals surface area contributed by atoms with Crippen molar-refractivity contribution in [2.45, 2.75) is 69.6 Å². The van der Waals surface area contributed by atoms with Crippen molar-refractivity contribution in [3.8, 4) is 11.1 Å². The van der Waals surface area contributed by atoms with Gasteiger partial charge in [0.05, 0.1) is 0 Å². The molecule has 2 radical (unpaired) electrons. The maximum atomic E-state index is 9.07. The second kappa shape index (κ2) is 10.3. The number of hydrogen-bond donors (Lipinski definition) is 2. The van der Waals surface area contributed by atoms with Crippen molar-refractivity contribution in [2.24, 2.45) is 0 Å². The molecule has 0 bridgehead atoms. The minimum absolute atomic E-state index is 0.0414. The van der Waals surface area contributed by atoms with Crippen LogP contribution in [0.2, 0.25) is 0 Å². The molecular formula is C25H33BO2. The summed E-state index contributed by atoms with van der Waals surface area (Å²) in [7, 11) is 6.22. The fourth-order valence-electron chi connectivity index (χ4n) is 4.92. The minimum Gasteiger partial charge on any atom is -0.396 e. The van der Waals surface area contributed by atoms with Crippen LogP contribution in [0.5, 0.6) is 0 Å². The molecule has 0 unspecified atom stereocenters. The van der Waals surface area contributed by atoms with E-state index >= 15 is 0 Å². The van der Waals surface area contributed by atoms with Crippen LogP contribution in [0.1, 0.15) is 75.3 Å². The van der Waals surface area contributed by atoms with Gasteiger partial charge in [-0.05, 0) is 47.9 Å². The largest absolute Gasteiger partial charge is 0.396 e. The van der Waals surface area contributed by atoms with E-state index in [-0.39, 0.29) is 18.6 Å². The molecule has 0 saturated carbocycles. The molecule has 0 heterocycles. The summed E-state index contributed by atoms with van der Waals surface area (Å²) in [6, 6.07) is 15.3. The summed E-state index contributed by atoms with van der Waals surface area (Å²) in [4.78, 5) is 0. The molecule has 2 aromatic carbocycles. The second-order valence-electron chi connectivity index (χ2n) is 8.21. The Morgan fingerprint density at radius 1 is 0.643 bits per heavy atom. The fourth-order valence-corrected chi connectivity index (χ4v) is 4.92. The average Bonchev–Trinajstić information content (AvgIpc) is 2.97. The van der Waals surface area contributed by atoms with Gasteiger partial charge in [-0.15, -0.1) is 0 Å². The second-order valence-corrected chi connectivity index (χ2v) is 8.21. The highest BCUT2D eigenvalue weighted by atomic mass is 16.3. The van der Waals surface area contributed by atoms with E-state index in [1.165, 1.54) is 35.1 Å². The summed E-state index contributed by atoms with van der Waals surface area (Å²) < 4.78 is 0. The first-order valence-corrected chi connectivity index (χ1v) is 10.9. The van der Waals surface area contributed by atoms with Crippen LogP contribution in [0.3, 0.4) is 0 Å². The third kappa shape index (κ3) is 4.52. The van der Waals surface area contributed by atoms with Gasteiger partial charge in [0.2, 0.25) is 0 Å². The van der Waals surface area contributed by atoms with Gasteiger partial charge in [0.15, 0.2) is 0 Å². The molecule has 1 aliphatic carbocycles. The third-order valence-corrected chi connectivity index (χ3v) is 6.32. The van der Waals surface area contributed by atoms with Crippen LogP contribution in [0, 0.1) is 0 Å². The molecule has 148 valence electrons. The van der Waals surface area contributed by atoms with E-state index < -0.39 is 0 Å². The summed E-state index contributed by atoms with van der Waals surface area (Å²) in [5.41, 5.74) is 6.45. The fraction of sp³-hybridized carbons (Fsp3) is 0.520. The van der Waals surface area contributed by atoms with Crippen molar-refractivity contribution in [2.75, 3.05) is 13.2 Å². The van der Waals surface area contributed by atoms with Gasteiger partial charge < -0.3 is 10.2 Å². The number of aliphatic hydroxyl groups is 2. The lowest BCUT2D eigenvalue weighted by Gasteiger charge is -2.33. The zero-order chi connectivity index (χ0) is 19.8. The van der Waals surface area contributed by atoms with Crippen molar-refractivity contribution >= 4 is 13.3 Å². The van der Waals surface area contributed by atoms with Gasteiger partial charge in [0.1, 0.15) is 7.85 Å². The molecule has 28 heavy (non-hydrogen) atoms. The van der Waals surface area contributed by atoms with Crippen LogP contribution >= 0.6 is 0 Å². The Hall–Kier alpha value is -1.58. The van der Waals surface area contributed by atoms with Crippen LogP contribution in [-0.4, -0.2) is 31.3 Å². The van der Waals surface area contributed by atoms with Crippen LogP contribution < -0.4 is 5.46 Å². The molecule has 3 heteroatoms. The van der Waals surface area contributed by atoms with Crippen LogP contribution in [0.4, 0.5) is 0 Å². The van der Waals surface area contributed by atoms with Gasteiger partial charge in [-0.3, -0.25) is 0 Å². The number of unbranched alkanes of at least 4 members (excludes halogenated alkanes) is 6. The zero-order valence-corrected chi connectivity index (χ0v) is 17.0. The van der Waals surface area contributed by atoms with Gasteiger partial charge in [-0.2, -0.15) is 0 Å².